The van der Waals surface area contributed by atoms with E-state index in [9.17, 15) is 0 Å². The predicted octanol–water partition coefficient (Wildman–Crippen LogP) is 2.50. The molecule has 0 bridgehead atoms. The average Bonchev–Trinajstić information content (AvgIpc) is 2.20. The van der Waals surface area contributed by atoms with Crippen molar-refractivity contribution in [3.05, 3.63) is 0 Å². The SMILES string of the molecule is CC1CCC(NCCCCN(C)C)CC1. The van der Waals surface area contributed by atoms with Crippen molar-refractivity contribution < 1.29 is 0 Å². The maximum atomic E-state index is 3.70. The third kappa shape index (κ3) is 6.16. The zero-order valence-corrected chi connectivity index (χ0v) is 10.8. The largest absolute Gasteiger partial charge is 0.314 e. The second-order valence-electron chi connectivity index (χ2n) is 5.42. The minimum absolute atomic E-state index is 0.820. The average molecular weight is 212 g/mol. The number of hydrogen-bond acceptors (Lipinski definition) is 2. The summed E-state index contributed by atoms with van der Waals surface area (Å²) >= 11 is 0. The summed E-state index contributed by atoms with van der Waals surface area (Å²) in [6.07, 6.45) is 8.29. The fourth-order valence-corrected chi connectivity index (χ4v) is 2.32. The number of unbranched alkanes of at least 4 members (excludes halogenated alkanes) is 1. The molecule has 0 aromatic heterocycles. The third-order valence-electron chi connectivity index (χ3n) is 3.48. The Hall–Kier alpha value is -0.0800. The minimum atomic E-state index is 0.820. The maximum Gasteiger partial charge on any atom is 0.00672 e. The van der Waals surface area contributed by atoms with Crippen molar-refractivity contribution in [3.8, 4) is 0 Å². The van der Waals surface area contributed by atoms with Gasteiger partial charge in [0.2, 0.25) is 0 Å². The number of hydrogen-bond donors (Lipinski definition) is 1. The normalized spacial score (nSPS) is 27.2. The molecule has 1 N–H and O–H groups in total. The molecule has 0 spiro atoms. The van der Waals surface area contributed by atoms with Gasteiger partial charge in [-0.2, -0.15) is 0 Å². The first-order valence-corrected chi connectivity index (χ1v) is 6.56. The van der Waals surface area contributed by atoms with Crippen molar-refractivity contribution in [3.63, 3.8) is 0 Å². The molecule has 0 aromatic rings. The molecule has 0 amide bonds. The first-order chi connectivity index (χ1) is 7.18. The van der Waals surface area contributed by atoms with E-state index < -0.39 is 0 Å². The van der Waals surface area contributed by atoms with E-state index in [4.69, 9.17) is 0 Å². The quantitative estimate of drug-likeness (QED) is 0.681. The minimum Gasteiger partial charge on any atom is -0.314 e. The first kappa shape index (κ1) is 13.0. The Balaban J connectivity index is 1.91. The molecular formula is C13H28N2. The predicted molar refractivity (Wildman–Crippen MR) is 67.2 cm³/mol. The van der Waals surface area contributed by atoms with Crippen molar-refractivity contribution in [2.75, 3.05) is 27.2 Å². The van der Waals surface area contributed by atoms with Gasteiger partial charge in [-0.1, -0.05) is 6.92 Å². The Labute approximate surface area is 95.4 Å². The van der Waals surface area contributed by atoms with Crippen LogP contribution in [0.15, 0.2) is 0 Å². The van der Waals surface area contributed by atoms with E-state index in [0.29, 0.717) is 0 Å². The summed E-state index contributed by atoms with van der Waals surface area (Å²) < 4.78 is 0. The van der Waals surface area contributed by atoms with E-state index in [-0.39, 0.29) is 0 Å². The lowest BCUT2D eigenvalue weighted by Crippen LogP contribution is -2.33. The molecule has 0 aromatic carbocycles. The smallest absolute Gasteiger partial charge is 0.00672 e. The topological polar surface area (TPSA) is 15.3 Å². The molecule has 2 nitrogen and oxygen atoms in total. The molecule has 1 rings (SSSR count). The van der Waals surface area contributed by atoms with E-state index in [2.05, 4.69) is 31.2 Å². The van der Waals surface area contributed by atoms with E-state index in [1.54, 1.807) is 0 Å². The number of rotatable bonds is 6. The van der Waals surface area contributed by atoms with Crippen LogP contribution in [0.1, 0.15) is 45.4 Å². The van der Waals surface area contributed by atoms with Crippen LogP contribution in [0.3, 0.4) is 0 Å². The van der Waals surface area contributed by atoms with E-state index >= 15 is 0 Å². The molecule has 1 saturated carbocycles. The summed E-state index contributed by atoms with van der Waals surface area (Å²) in [7, 11) is 4.30. The molecule has 90 valence electrons. The molecule has 0 heterocycles. The van der Waals surface area contributed by atoms with E-state index in [1.807, 2.05) is 0 Å². The van der Waals surface area contributed by atoms with Gasteiger partial charge in [-0.05, 0) is 71.6 Å². The second kappa shape index (κ2) is 7.24. The zero-order valence-electron chi connectivity index (χ0n) is 10.8. The van der Waals surface area contributed by atoms with Crippen LogP contribution in [0.4, 0.5) is 0 Å². The fourth-order valence-electron chi connectivity index (χ4n) is 2.32. The molecule has 0 radical (unpaired) electrons. The van der Waals surface area contributed by atoms with Gasteiger partial charge in [-0.25, -0.2) is 0 Å². The van der Waals surface area contributed by atoms with E-state index in [1.165, 1.54) is 51.6 Å². The Kier molecular flexibility index (Phi) is 6.26. The van der Waals surface area contributed by atoms with Gasteiger partial charge in [0.25, 0.3) is 0 Å². The molecule has 15 heavy (non-hydrogen) atoms. The Morgan fingerprint density at radius 2 is 1.73 bits per heavy atom. The fraction of sp³-hybridized carbons (Fsp3) is 1.00. The first-order valence-electron chi connectivity index (χ1n) is 6.56. The second-order valence-corrected chi connectivity index (χ2v) is 5.42. The van der Waals surface area contributed by atoms with Crippen LogP contribution in [-0.2, 0) is 0 Å². The molecule has 1 aliphatic carbocycles. The van der Waals surface area contributed by atoms with Crippen LogP contribution >= 0.6 is 0 Å². The van der Waals surface area contributed by atoms with Crippen LogP contribution in [0.25, 0.3) is 0 Å². The molecular weight excluding hydrogens is 184 g/mol. The van der Waals surface area contributed by atoms with Gasteiger partial charge in [0.1, 0.15) is 0 Å². The lowest BCUT2D eigenvalue weighted by Gasteiger charge is -2.27. The van der Waals surface area contributed by atoms with Crippen LogP contribution in [0.5, 0.6) is 0 Å². The van der Waals surface area contributed by atoms with Gasteiger partial charge in [-0.15, -0.1) is 0 Å². The lowest BCUT2D eigenvalue weighted by molar-refractivity contribution is 0.304. The molecule has 0 aliphatic heterocycles. The van der Waals surface area contributed by atoms with Gasteiger partial charge >= 0.3 is 0 Å². The van der Waals surface area contributed by atoms with Gasteiger partial charge in [-0.3, -0.25) is 0 Å². The lowest BCUT2D eigenvalue weighted by atomic mass is 9.87. The van der Waals surface area contributed by atoms with Crippen molar-refractivity contribution in [2.45, 2.75) is 51.5 Å². The van der Waals surface area contributed by atoms with Crippen LogP contribution in [0, 0.1) is 5.92 Å². The summed E-state index contributed by atoms with van der Waals surface area (Å²) in [4.78, 5) is 2.27. The Bertz CT molecular complexity index is 149. The zero-order chi connectivity index (χ0) is 11.1. The maximum absolute atomic E-state index is 3.70. The summed E-state index contributed by atoms with van der Waals surface area (Å²) in [6.45, 7) is 4.82. The number of nitrogens with zero attached hydrogens (tertiary/aromatic N) is 1. The van der Waals surface area contributed by atoms with E-state index in [0.717, 1.165) is 12.0 Å². The van der Waals surface area contributed by atoms with Crippen LogP contribution in [0.2, 0.25) is 0 Å². The van der Waals surface area contributed by atoms with Crippen molar-refractivity contribution in [2.24, 2.45) is 5.92 Å². The third-order valence-corrected chi connectivity index (χ3v) is 3.48. The summed E-state index contributed by atoms with van der Waals surface area (Å²) in [5.74, 6) is 0.969. The molecule has 1 aliphatic rings. The highest BCUT2D eigenvalue weighted by atomic mass is 15.0. The van der Waals surface area contributed by atoms with Crippen LogP contribution < -0.4 is 5.32 Å². The van der Waals surface area contributed by atoms with Crippen molar-refractivity contribution >= 4 is 0 Å². The highest BCUT2D eigenvalue weighted by Gasteiger charge is 2.16. The molecule has 0 atom stereocenters. The van der Waals surface area contributed by atoms with Crippen molar-refractivity contribution in [1.82, 2.24) is 10.2 Å². The highest BCUT2D eigenvalue weighted by molar-refractivity contribution is 4.74. The molecule has 0 saturated heterocycles. The van der Waals surface area contributed by atoms with Gasteiger partial charge in [0, 0.05) is 6.04 Å². The molecule has 2 heteroatoms. The van der Waals surface area contributed by atoms with Gasteiger partial charge < -0.3 is 10.2 Å². The van der Waals surface area contributed by atoms with Crippen LogP contribution in [-0.4, -0.2) is 38.1 Å². The molecule has 1 fully saturated rings. The van der Waals surface area contributed by atoms with Gasteiger partial charge in [0.15, 0.2) is 0 Å². The van der Waals surface area contributed by atoms with Crippen molar-refractivity contribution in [1.29, 1.82) is 0 Å². The monoisotopic (exact) mass is 212 g/mol. The Morgan fingerprint density at radius 1 is 1.07 bits per heavy atom. The highest BCUT2D eigenvalue weighted by Crippen LogP contribution is 2.23. The summed E-state index contributed by atoms with van der Waals surface area (Å²) in [6, 6.07) is 0.820. The van der Waals surface area contributed by atoms with Gasteiger partial charge in [0.05, 0.1) is 0 Å². The summed E-state index contributed by atoms with van der Waals surface area (Å²) in [5.41, 5.74) is 0. The Morgan fingerprint density at radius 3 is 2.33 bits per heavy atom. The molecule has 0 unspecified atom stereocenters. The number of nitrogens with one attached hydrogen (secondary N) is 1. The summed E-state index contributed by atoms with van der Waals surface area (Å²) in [5, 5.41) is 3.70. The standard InChI is InChI=1S/C13H28N2/c1-12-6-8-13(9-7-12)14-10-4-5-11-15(2)3/h12-14H,4-11H2,1-3H3.